The van der Waals surface area contributed by atoms with Gasteiger partial charge in [-0.2, -0.15) is 0 Å². The van der Waals surface area contributed by atoms with E-state index in [4.69, 9.17) is 10.5 Å². The minimum atomic E-state index is -0.153. The van der Waals surface area contributed by atoms with Crippen LogP contribution < -0.4 is 10.5 Å². The first-order chi connectivity index (χ1) is 7.77. The molecule has 0 saturated heterocycles. The Morgan fingerprint density at radius 1 is 1.25 bits per heavy atom. The van der Waals surface area contributed by atoms with E-state index in [1.807, 2.05) is 23.6 Å². The maximum absolute atomic E-state index is 9.49. The second-order valence-electron chi connectivity index (χ2n) is 3.40. The topological polar surface area (TPSA) is 55.5 Å². The third kappa shape index (κ3) is 2.53. The van der Waals surface area contributed by atoms with Crippen molar-refractivity contribution in [2.24, 2.45) is 5.73 Å². The van der Waals surface area contributed by atoms with Gasteiger partial charge < -0.3 is 15.6 Å². The summed E-state index contributed by atoms with van der Waals surface area (Å²) in [6, 6.07) is 10.7. The third-order valence-electron chi connectivity index (χ3n) is 2.19. The Balaban J connectivity index is 1.95. The summed E-state index contributed by atoms with van der Waals surface area (Å²) in [4.78, 5) is 1.08. The van der Waals surface area contributed by atoms with E-state index >= 15 is 0 Å². The van der Waals surface area contributed by atoms with Crippen molar-refractivity contribution in [2.75, 3.05) is 6.61 Å². The second-order valence-corrected chi connectivity index (χ2v) is 4.38. The van der Waals surface area contributed by atoms with Gasteiger partial charge in [-0.25, -0.2) is 0 Å². The molecule has 2 rings (SSSR count). The monoisotopic (exact) mass is 235 g/mol. The van der Waals surface area contributed by atoms with E-state index in [-0.39, 0.29) is 11.8 Å². The molecular formula is C12H13NO2S. The average molecular weight is 235 g/mol. The van der Waals surface area contributed by atoms with E-state index in [1.165, 1.54) is 0 Å². The van der Waals surface area contributed by atoms with Gasteiger partial charge in [0.1, 0.15) is 6.61 Å². The van der Waals surface area contributed by atoms with Crippen molar-refractivity contribution in [1.29, 1.82) is 0 Å². The summed E-state index contributed by atoms with van der Waals surface area (Å²) in [5, 5.41) is 11.5. The summed E-state index contributed by atoms with van der Waals surface area (Å²) in [6.07, 6.45) is 0. The molecule has 4 heteroatoms. The minimum Gasteiger partial charge on any atom is -0.504 e. The molecule has 3 nitrogen and oxygen atoms in total. The van der Waals surface area contributed by atoms with E-state index in [0.717, 1.165) is 4.88 Å². The van der Waals surface area contributed by atoms with Crippen LogP contribution in [0.15, 0.2) is 41.8 Å². The molecule has 1 heterocycles. The molecule has 0 fully saturated rings. The molecule has 0 bridgehead atoms. The molecule has 1 atom stereocenters. The quantitative estimate of drug-likeness (QED) is 0.856. The zero-order valence-corrected chi connectivity index (χ0v) is 9.48. The number of ether oxygens (including phenoxy) is 1. The van der Waals surface area contributed by atoms with E-state index in [0.29, 0.717) is 12.4 Å². The van der Waals surface area contributed by atoms with E-state index in [1.54, 1.807) is 29.5 Å². The van der Waals surface area contributed by atoms with Gasteiger partial charge in [-0.15, -0.1) is 11.3 Å². The van der Waals surface area contributed by atoms with Gasteiger partial charge in [-0.3, -0.25) is 0 Å². The van der Waals surface area contributed by atoms with E-state index in [9.17, 15) is 5.11 Å². The number of benzene rings is 1. The fourth-order valence-corrected chi connectivity index (χ4v) is 2.06. The van der Waals surface area contributed by atoms with E-state index < -0.39 is 0 Å². The fourth-order valence-electron chi connectivity index (χ4n) is 1.34. The van der Waals surface area contributed by atoms with Crippen LogP contribution >= 0.6 is 11.3 Å². The van der Waals surface area contributed by atoms with Crippen LogP contribution in [-0.2, 0) is 0 Å². The molecule has 3 N–H and O–H groups in total. The zero-order chi connectivity index (χ0) is 11.4. The lowest BCUT2D eigenvalue weighted by atomic mass is 10.2. The fraction of sp³-hybridized carbons (Fsp3) is 0.167. The van der Waals surface area contributed by atoms with E-state index in [2.05, 4.69) is 0 Å². The maximum Gasteiger partial charge on any atom is 0.161 e. The third-order valence-corrected chi connectivity index (χ3v) is 3.20. The number of hydrogen-bond donors (Lipinski definition) is 2. The highest BCUT2D eigenvalue weighted by atomic mass is 32.1. The van der Waals surface area contributed by atoms with Crippen LogP contribution in [-0.4, -0.2) is 11.7 Å². The first-order valence-corrected chi connectivity index (χ1v) is 5.85. The SMILES string of the molecule is NC(COc1ccccc1O)c1cccs1. The predicted octanol–water partition coefficient (Wildman–Crippen LogP) is 2.53. The molecule has 0 spiro atoms. The summed E-state index contributed by atoms with van der Waals surface area (Å²) in [5.74, 6) is 0.607. The number of nitrogens with two attached hydrogens (primary N) is 1. The van der Waals surface area contributed by atoms with Crippen LogP contribution in [0, 0.1) is 0 Å². The first kappa shape index (κ1) is 11.0. The Morgan fingerprint density at radius 2 is 2.06 bits per heavy atom. The number of rotatable bonds is 4. The average Bonchev–Trinajstić information content (AvgIpc) is 2.81. The summed E-state index contributed by atoms with van der Waals surface area (Å²) >= 11 is 1.60. The van der Waals surface area contributed by atoms with Gasteiger partial charge in [-0.05, 0) is 23.6 Å². The highest BCUT2D eigenvalue weighted by Crippen LogP contribution is 2.26. The van der Waals surface area contributed by atoms with Gasteiger partial charge in [0.15, 0.2) is 11.5 Å². The summed E-state index contributed by atoms with van der Waals surface area (Å²) in [7, 11) is 0. The van der Waals surface area contributed by atoms with Gasteiger partial charge in [0.05, 0.1) is 6.04 Å². The summed E-state index contributed by atoms with van der Waals surface area (Å²) < 4.78 is 5.45. The number of thiophene rings is 1. The van der Waals surface area contributed by atoms with Gasteiger partial charge >= 0.3 is 0 Å². The van der Waals surface area contributed by atoms with Crippen molar-refractivity contribution in [3.8, 4) is 11.5 Å². The second kappa shape index (κ2) is 5.01. The van der Waals surface area contributed by atoms with Gasteiger partial charge in [0, 0.05) is 4.88 Å². The Morgan fingerprint density at radius 3 is 2.75 bits per heavy atom. The number of hydrogen-bond acceptors (Lipinski definition) is 4. The van der Waals surface area contributed by atoms with Crippen LogP contribution in [0.3, 0.4) is 0 Å². The van der Waals surface area contributed by atoms with Gasteiger partial charge in [-0.1, -0.05) is 18.2 Å². The highest BCUT2D eigenvalue weighted by molar-refractivity contribution is 7.10. The smallest absolute Gasteiger partial charge is 0.161 e. The van der Waals surface area contributed by atoms with Gasteiger partial charge in [0.25, 0.3) is 0 Å². The van der Waals surface area contributed by atoms with Crippen LogP contribution in [0.1, 0.15) is 10.9 Å². The molecule has 16 heavy (non-hydrogen) atoms. The molecule has 2 aromatic rings. The Kier molecular flexibility index (Phi) is 3.44. The molecule has 1 unspecified atom stereocenters. The molecule has 0 amide bonds. The molecule has 0 aliphatic carbocycles. The van der Waals surface area contributed by atoms with Crippen LogP contribution in [0.4, 0.5) is 0 Å². The summed E-state index contributed by atoms with van der Waals surface area (Å²) in [6.45, 7) is 0.359. The lowest BCUT2D eigenvalue weighted by Crippen LogP contribution is -2.17. The van der Waals surface area contributed by atoms with Crippen molar-refractivity contribution in [2.45, 2.75) is 6.04 Å². The van der Waals surface area contributed by atoms with Crippen LogP contribution in [0.25, 0.3) is 0 Å². The van der Waals surface area contributed by atoms with Crippen molar-refractivity contribution < 1.29 is 9.84 Å². The summed E-state index contributed by atoms with van der Waals surface area (Å²) in [5.41, 5.74) is 5.94. The molecule has 0 aliphatic rings. The molecule has 1 aromatic carbocycles. The maximum atomic E-state index is 9.49. The molecule has 0 aliphatic heterocycles. The number of phenols is 1. The lowest BCUT2D eigenvalue weighted by Gasteiger charge is -2.12. The Labute approximate surface area is 98.1 Å². The van der Waals surface area contributed by atoms with Crippen molar-refractivity contribution in [3.63, 3.8) is 0 Å². The largest absolute Gasteiger partial charge is 0.504 e. The highest BCUT2D eigenvalue weighted by Gasteiger charge is 2.09. The number of para-hydroxylation sites is 2. The lowest BCUT2D eigenvalue weighted by molar-refractivity contribution is 0.278. The number of phenolic OH excluding ortho intramolecular Hbond substituents is 1. The van der Waals surface area contributed by atoms with Gasteiger partial charge in [0.2, 0.25) is 0 Å². The number of aromatic hydroxyl groups is 1. The van der Waals surface area contributed by atoms with Crippen molar-refractivity contribution in [1.82, 2.24) is 0 Å². The molecule has 0 radical (unpaired) electrons. The Hall–Kier alpha value is -1.52. The predicted molar refractivity (Wildman–Crippen MR) is 64.8 cm³/mol. The van der Waals surface area contributed by atoms with Crippen molar-refractivity contribution >= 4 is 11.3 Å². The minimum absolute atomic E-state index is 0.140. The zero-order valence-electron chi connectivity index (χ0n) is 8.67. The molecule has 1 aromatic heterocycles. The standard InChI is InChI=1S/C12H13NO2S/c13-9(12-6-3-7-16-12)8-15-11-5-2-1-4-10(11)14/h1-7,9,14H,8,13H2. The normalized spacial score (nSPS) is 12.3. The van der Waals surface area contributed by atoms with Crippen LogP contribution in [0.5, 0.6) is 11.5 Å². The molecule has 84 valence electrons. The van der Waals surface area contributed by atoms with Crippen LogP contribution in [0.2, 0.25) is 0 Å². The molecular weight excluding hydrogens is 222 g/mol. The Bertz CT molecular complexity index is 442. The first-order valence-electron chi connectivity index (χ1n) is 4.97. The van der Waals surface area contributed by atoms with Crippen molar-refractivity contribution in [3.05, 3.63) is 46.7 Å². The molecule has 0 saturated carbocycles.